The van der Waals surface area contributed by atoms with Gasteiger partial charge in [-0.1, -0.05) is 26.0 Å². The minimum absolute atomic E-state index is 0.281. The first kappa shape index (κ1) is 16.5. The van der Waals surface area contributed by atoms with Crippen LogP contribution in [0, 0.1) is 5.41 Å². The second kappa shape index (κ2) is 6.07. The maximum Gasteiger partial charge on any atom is 0.175 e. The first-order valence-corrected chi connectivity index (χ1v) is 9.28. The highest BCUT2D eigenvalue weighted by Gasteiger charge is 2.30. The summed E-state index contributed by atoms with van der Waals surface area (Å²) in [5.74, 6) is 0. The Hall–Kier alpha value is -0.910. The molecule has 1 aliphatic rings. The van der Waals surface area contributed by atoms with Gasteiger partial charge in [-0.2, -0.15) is 0 Å². The summed E-state index contributed by atoms with van der Waals surface area (Å²) in [6.07, 6.45) is 4.06. The van der Waals surface area contributed by atoms with Crippen molar-refractivity contribution in [1.29, 1.82) is 0 Å². The van der Waals surface area contributed by atoms with Gasteiger partial charge in [-0.05, 0) is 42.4 Å². The van der Waals surface area contributed by atoms with E-state index in [1.54, 1.807) is 24.3 Å². The van der Waals surface area contributed by atoms with Crippen molar-refractivity contribution in [2.45, 2.75) is 50.2 Å². The second-order valence-electron chi connectivity index (χ2n) is 6.87. The van der Waals surface area contributed by atoms with Gasteiger partial charge < -0.3 is 10.4 Å². The third-order valence-electron chi connectivity index (χ3n) is 4.26. The van der Waals surface area contributed by atoms with E-state index in [0.29, 0.717) is 18.0 Å². The van der Waals surface area contributed by atoms with Crippen LogP contribution in [-0.4, -0.2) is 32.4 Å². The molecule has 2 atom stereocenters. The lowest BCUT2D eigenvalue weighted by Gasteiger charge is -2.19. The highest BCUT2D eigenvalue weighted by atomic mass is 32.2. The zero-order valence-electron chi connectivity index (χ0n) is 13.0. The van der Waals surface area contributed by atoms with E-state index in [2.05, 4.69) is 19.2 Å². The third kappa shape index (κ3) is 4.53. The summed E-state index contributed by atoms with van der Waals surface area (Å²) in [4.78, 5) is 0.281. The first-order chi connectivity index (χ1) is 9.67. The fourth-order valence-electron chi connectivity index (χ4n) is 2.94. The molecule has 0 spiro atoms. The van der Waals surface area contributed by atoms with E-state index < -0.39 is 15.9 Å². The average molecular weight is 311 g/mol. The quantitative estimate of drug-likeness (QED) is 0.875. The van der Waals surface area contributed by atoms with Gasteiger partial charge >= 0.3 is 0 Å². The van der Waals surface area contributed by atoms with E-state index in [9.17, 15) is 13.5 Å². The van der Waals surface area contributed by atoms with Gasteiger partial charge in [-0.15, -0.1) is 0 Å². The number of nitrogens with one attached hydrogen (secondary N) is 1. The summed E-state index contributed by atoms with van der Waals surface area (Å²) in [6, 6.07) is 6.92. The predicted molar refractivity (Wildman–Crippen MR) is 83.9 cm³/mol. The molecule has 21 heavy (non-hydrogen) atoms. The van der Waals surface area contributed by atoms with Crippen molar-refractivity contribution in [3.8, 4) is 0 Å². The van der Waals surface area contributed by atoms with Crippen LogP contribution in [0.2, 0.25) is 0 Å². The Morgan fingerprint density at radius 3 is 2.43 bits per heavy atom. The Bertz CT molecular complexity index is 578. The SMILES string of the molecule is CC1(C)CCC(NCC(O)c2ccc(S(C)(=O)=O)cc2)C1. The van der Waals surface area contributed by atoms with E-state index in [4.69, 9.17) is 0 Å². The minimum atomic E-state index is -3.18. The number of sulfone groups is 1. The molecule has 1 aromatic carbocycles. The molecule has 4 nitrogen and oxygen atoms in total. The molecule has 2 rings (SSSR count). The molecule has 1 aliphatic carbocycles. The van der Waals surface area contributed by atoms with Gasteiger partial charge in [0.1, 0.15) is 0 Å². The highest BCUT2D eigenvalue weighted by molar-refractivity contribution is 7.90. The maximum absolute atomic E-state index is 11.4. The van der Waals surface area contributed by atoms with Crippen molar-refractivity contribution in [3.63, 3.8) is 0 Å². The molecule has 0 heterocycles. The molecule has 0 amide bonds. The van der Waals surface area contributed by atoms with E-state index in [0.717, 1.165) is 18.4 Å². The molecule has 0 bridgehead atoms. The molecule has 1 aromatic rings. The van der Waals surface area contributed by atoms with Crippen molar-refractivity contribution in [3.05, 3.63) is 29.8 Å². The Balaban J connectivity index is 1.90. The molecule has 5 heteroatoms. The lowest BCUT2D eigenvalue weighted by atomic mass is 9.92. The van der Waals surface area contributed by atoms with Crippen molar-refractivity contribution in [2.24, 2.45) is 5.41 Å². The fourth-order valence-corrected chi connectivity index (χ4v) is 3.57. The zero-order valence-corrected chi connectivity index (χ0v) is 13.8. The molecular weight excluding hydrogens is 286 g/mol. The summed E-state index contributed by atoms with van der Waals surface area (Å²) < 4.78 is 22.8. The topological polar surface area (TPSA) is 66.4 Å². The molecule has 1 saturated carbocycles. The average Bonchev–Trinajstić information content (AvgIpc) is 2.75. The monoisotopic (exact) mass is 311 g/mol. The number of aliphatic hydroxyl groups excluding tert-OH is 1. The summed E-state index contributed by atoms with van der Waals surface area (Å²) in [5, 5.41) is 13.6. The highest BCUT2D eigenvalue weighted by Crippen LogP contribution is 2.37. The largest absolute Gasteiger partial charge is 0.387 e. The maximum atomic E-state index is 11.4. The number of hydrogen-bond donors (Lipinski definition) is 2. The van der Waals surface area contributed by atoms with Gasteiger partial charge in [0.05, 0.1) is 11.0 Å². The molecule has 0 saturated heterocycles. The molecule has 2 N–H and O–H groups in total. The molecule has 0 aromatic heterocycles. The van der Waals surface area contributed by atoms with Crippen molar-refractivity contribution in [1.82, 2.24) is 5.32 Å². The van der Waals surface area contributed by atoms with E-state index in [1.165, 1.54) is 12.7 Å². The van der Waals surface area contributed by atoms with Crippen LogP contribution in [0.3, 0.4) is 0 Å². The van der Waals surface area contributed by atoms with Crippen LogP contribution in [-0.2, 0) is 9.84 Å². The number of rotatable bonds is 5. The van der Waals surface area contributed by atoms with Crippen molar-refractivity contribution >= 4 is 9.84 Å². The van der Waals surface area contributed by atoms with Crippen LogP contribution in [0.15, 0.2) is 29.2 Å². The fraction of sp³-hybridized carbons (Fsp3) is 0.625. The van der Waals surface area contributed by atoms with Gasteiger partial charge in [-0.25, -0.2) is 8.42 Å². The van der Waals surface area contributed by atoms with Crippen LogP contribution in [0.1, 0.15) is 44.8 Å². The molecule has 0 aliphatic heterocycles. The lowest BCUT2D eigenvalue weighted by molar-refractivity contribution is 0.169. The number of hydrogen-bond acceptors (Lipinski definition) is 4. The molecule has 118 valence electrons. The summed E-state index contributed by atoms with van der Waals surface area (Å²) in [6.45, 7) is 5.04. The van der Waals surface area contributed by atoms with E-state index in [-0.39, 0.29) is 4.90 Å². The Morgan fingerprint density at radius 1 is 1.33 bits per heavy atom. The van der Waals surface area contributed by atoms with Crippen molar-refractivity contribution < 1.29 is 13.5 Å². The second-order valence-corrected chi connectivity index (χ2v) is 8.88. The van der Waals surface area contributed by atoms with Gasteiger partial charge in [0.15, 0.2) is 9.84 Å². The van der Waals surface area contributed by atoms with Crippen molar-refractivity contribution in [2.75, 3.05) is 12.8 Å². The Morgan fingerprint density at radius 2 is 1.95 bits per heavy atom. The van der Waals surface area contributed by atoms with Gasteiger partial charge in [0, 0.05) is 18.8 Å². The summed E-state index contributed by atoms with van der Waals surface area (Å²) >= 11 is 0. The molecular formula is C16H25NO3S. The number of aliphatic hydroxyl groups is 1. The zero-order chi connectivity index (χ0) is 15.7. The smallest absolute Gasteiger partial charge is 0.175 e. The van der Waals surface area contributed by atoms with E-state index >= 15 is 0 Å². The summed E-state index contributed by atoms with van der Waals surface area (Å²) in [5.41, 5.74) is 1.13. The third-order valence-corrected chi connectivity index (χ3v) is 5.39. The van der Waals surface area contributed by atoms with Crippen LogP contribution < -0.4 is 5.32 Å². The molecule has 2 unspecified atom stereocenters. The van der Waals surface area contributed by atoms with Crippen LogP contribution in [0.5, 0.6) is 0 Å². The molecule has 1 fully saturated rings. The number of benzene rings is 1. The lowest BCUT2D eigenvalue weighted by Crippen LogP contribution is -2.31. The summed E-state index contributed by atoms with van der Waals surface area (Å²) in [7, 11) is -3.18. The van der Waals surface area contributed by atoms with E-state index in [1.807, 2.05) is 0 Å². The first-order valence-electron chi connectivity index (χ1n) is 7.39. The predicted octanol–water partition coefficient (Wildman–Crippen LogP) is 2.29. The Kier molecular flexibility index (Phi) is 4.76. The van der Waals surface area contributed by atoms with Gasteiger partial charge in [0.2, 0.25) is 0 Å². The van der Waals surface area contributed by atoms with Gasteiger partial charge in [-0.3, -0.25) is 0 Å². The van der Waals surface area contributed by atoms with Crippen LogP contribution >= 0.6 is 0 Å². The van der Waals surface area contributed by atoms with Crippen LogP contribution in [0.4, 0.5) is 0 Å². The minimum Gasteiger partial charge on any atom is -0.387 e. The normalized spacial score (nSPS) is 23.1. The standard InChI is InChI=1S/C16H25NO3S/c1-16(2)9-8-13(10-16)17-11-15(18)12-4-6-14(7-5-12)21(3,19)20/h4-7,13,15,17-18H,8-11H2,1-3H3. The Labute approximate surface area is 127 Å². The van der Waals surface area contributed by atoms with Crippen LogP contribution in [0.25, 0.3) is 0 Å². The van der Waals surface area contributed by atoms with Gasteiger partial charge in [0.25, 0.3) is 0 Å². The molecule has 0 radical (unpaired) electrons.